The smallest absolute Gasteiger partial charge is 0.251 e. The summed E-state index contributed by atoms with van der Waals surface area (Å²) in [6.07, 6.45) is 1.98. The largest absolute Gasteiger partial charge is 0.486 e. The molecule has 0 aliphatic carbocycles. The summed E-state index contributed by atoms with van der Waals surface area (Å²) in [7, 11) is 0. The highest BCUT2D eigenvalue weighted by Gasteiger charge is 2.27. The fraction of sp³-hybridized carbons (Fsp3) is 0.440. The van der Waals surface area contributed by atoms with Gasteiger partial charge in [-0.3, -0.25) is 9.78 Å². The Kier molecular flexibility index (Phi) is 6.75. The molecule has 1 aromatic carbocycles. The molecule has 5 rings (SSSR count). The second kappa shape index (κ2) is 10.1. The second-order valence-electron chi connectivity index (χ2n) is 8.89. The normalized spacial score (nSPS) is 20.5. The van der Waals surface area contributed by atoms with Gasteiger partial charge >= 0.3 is 0 Å². The van der Waals surface area contributed by atoms with Gasteiger partial charge in [0.05, 0.1) is 23.5 Å². The number of fused-ring (bicyclic) bond motifs is 2. The number of nitrogens with zero attached hydrogens (tertiary/aromatic N) is 3. The van der Waals surface area contributed by atoms with Crippen molar-refractivity contribution in [2.45, 2.75) is 25.6 Å². The van der Waals surface area contributed by atoms with Gasteiger partial charge in [0.15, 0.2) is 11.5 Å². The molecular weight excluding hydrogens is 439 g/mol. The molecule has 0 spiro atoms. The van der Waals surface area contributed by atoms with Crippen LogP contribution in [0.25, 0.3) is 10.9 Å². The van der Waals surface area contributed by atoms with E-state index in [1.54, 1.807) is 22.9 Å². The lowest BCUT2D eigenvalue weighted by molar-refractivity contribution is 0.0257. The maximum absolute atomic E-state index is 13.8. The monoisotopic (exact) mass is 468 g/mol. The van der Waals surface area contributed by atoms with E-state index < -0.39 is 0 Å². The number of piperidine rings is 1. The molecule has 180 valence electrons. The summed E-state index contributed by atoms with van der Waals surface area (Å²) in [6.45, 7) is 4.89. The molecule has 0 amide bonds. The van der Waals surface area contributed by atoms with Crippen LogP contribution in [-0.2, 0) is 13.1 Å². The van der Waals surface area contributed by atoms with E-state index in [0.717, 1.165) is 24.2 Å². The summed E-state index contributed by atoms with van der Waals surface area (Å²) in [5.74, 6) is 1.09. The zero-order chi connectivity index (χ0) is 23.5. The third kappa shape index (κ3) is 5.06. The van der Waals surface area contributed by atoms with Crippen molar-refractivity contribution in [2.75, 3.05) is 39.4 Å². The molecule has 1 unspecified atom stereocenters. The molecule has 3 aromatic rings. The molecule has 0 bridgehead atoms. The molecule has 8 nitrogen and oxygen atoms in total. The van der Waals surface area contributed by atoms with Gasteiger partial charge in [-0.05, 0) is 36.1 Å². The van der Waals surface area contributed by atoms with Crippen LogP contribution in [0.1, 0.15) is 12.1 Å². The third-order valence-corrected chi connectivity index (χ3v) is 6.57. The molecule has 2 aromatic heterocycles. The highest BCUT2D eigenvalue weighted by molar-refractivity contribution is 5.78. The molecule has 9 heteroatoms. The number of ether oxygens (including phenoxy) is 2. The number of aliphatic hydroxyl groups is 1. The second-order valence-corrected chi connectivity index (χ2v) is 8.89. The van der Waals surface area contributed by atoms with Crippen molar-refractivity contribution < 1.29 is 19.0 Å². The summed E-state index contributed by atoms with van der Waals surface area (Å²) in [5.41, 5.74) is 1.32. The lowest BCUT2D eigenvalue weighted by Crippen LogP contribution is -2.48. The Morgan fingerprint density at radius 1 is 1.12 bits per heavy atom. The Morgan fingerprint density at radius 3 is 2.82 bits per heavy atom. The van der Waals surface area contributed by atoms with Crippen LogP contribution in [0.2, 0.25) is 0 Å². The molecule has 34 heavy (non-hydrogen) atoms. The standard InChI is InChI=1S/C25H29FN4O4/c26-19-3-1-17-2-4-25(32)30(21(17)11-19)8-7-29-6-5-22(31)18(16-29)13-27-14-20-12-23-24(15-28-20)34-10-9-33-23/h1-4,11-12,15,18,22,27,31H,5-10,13-14,16H2/t18?,22-/m1/s1. The minimum absolute atomic E-state index is 0.0626. The highest BCUT2D eigenvalue weighted by Crippen LogP contribution is 2.29. The minimum Gasteiger partial charge on any atom is -0.486 e. The topological polar surface area (TPSA) is 88.9 Å². The van der Waals surface area contributed by atoms with Gasteiger partial charge in [0.1, 0.15) is 19.0 Å². The first-order chi connectivity index (χ1) is 16.6. The average Bonchev–Trinajstić information content (AvgIpc) is 2.85. The van der Waals surface area contributed by atoms with Gasteiger partial charge in [-0.25, -0.2) is 4.39 Å². The van der Waals surface area contributed by atoms with Crippen LogP contribution in [0.4, 0.5) is 4.39 Å². The van der Waals surface area contributed by atoms with E-state index in [4.69, 9.17) is 9.47 Å². The third-order valence-electron chi connectivity index (χ3n) is 6.57. The zero-order valence-corrected chi connectivity index (χ0v) is 19.0. The van der Waals surface area contributed by atoms with Crippen molar-refractivity contribution in [1.29, 1.82) is 0 Å². The molecule has 2 aliphatic heterocycles. The fourth-order valence-electron chi connectivity index (χ4n) is 4.70. The Morgan fingerprint density at radius 2 is 1.94 bits per heavy atom. The van der Waals surface area contributed by atoms with Gasteiger partial charge in [0, 0.05) is 57.3 Å². The van der Waals surface area contributed by atoms with Crippen LogP contribution >= 0.6 is 0 Å². The van der Waals surface area contributed by atoms with Gasteiger partial charge in [-0.2, -0.15) is 0 Å². The van der Waals surface area contributed by atoms with Gasteiger partial charge in [-0.1, -0.05) is 0 Å². The molecule has 2 N–H and O–H groups in total. The summed E-state index contributed by atoms with van der Waals surface area (Å²) in [5, 5.41) is 14.8. The number of aromatic nitrogens is 2. The van der Waals surface area contributed by atoms with Gasteiger partial charge in [0.25, 0.3) is 5.56 Å². The predicted molar refractivity (Wildman–Crippen MR) is 126 cm³/mol. The molecule has 4 heterocycles. The van der Waals surface area contributed by atoms with Gasteiger partial charge in [-0.15, -0.1) is 0 Å². The van der Waals surface area contributed by atoms with Crippen LogP contribution in [0.15, 0.2) is 47.4 Å². The molecule has 1 fully saturated rings. The molecule has 0 saturated carbocycles. The number of nitrogens with one attached hydrogen (secondary N) is 1. The van der Waals surface area contributed by atoms with Crippen molar-refractivity contribution in [1.82, 2.24) is 19.8 Å². The number of likely N-dealkylation sites (tertiary alicyclic amines) is 1. The van der Waals surface area contributed by atoms with Crippen molar-refractivity contribution in [3.63, 3.8) is 0 Å². The quantitative estimate of drug-likeness (QED) is 0.547. The minimum atomic E-state index is -0.383. The maximum Gasteiger partial charge on any atom is 0.251 e. The number of pyridine rings is 2. The van der Waals surface area contributed by atoms with E-state index in [1.165, 1.54) is 18.2 Å². The van der Waals surface area contributed by atoms with Crippen molar-refractivity contribution in [3.8, 4) is 11.5 Å². The number of halogens is 1. The van der Waals surface area contributed by atoms with Gasteiger partial charge < -0.3 is 29.4 Å². The summed E-state index contributed by atoms with van der Waals surface area (Å²) < 4.78 is 26.5. The van der Waals surface area contributed by atoms with Crippen molar-refractivity contribution in [2.24, 2.45) is 5.92 Å². The Labute approximate surface area is 196 Å². The Balaban J connectivity index is 1.17. The average molecular weight is 469 g/mol. The number of benzene rings is 1. The van der Waals surface area contributed by atoms with E-state index in [9.17, 15) is 14.3 Å². The number of rotatable bonds is 7. The first-order valence-electron chi connectivity index (χ1n) is 11.7. The summed E-state index contributed by atoms with van der Waals surface area (Å²) in [6, 6.07) is 9.64. The van der Waals surface area contributed by atoms with Crippen molar-refractivity contribution in [3.05, 3.63) is 64.5 Å². The van der Waals surface area contributed by atoms with Crippen LogP contribution in [-0.4, -0.2) is 65.1 Å². The molecular formula is C25H29FN4O4. The highest BCUT2D eigenvalue weighted by atomic mass is 19.1. The maximum atomic E-state index is 13.8. The van der Waals surface area contributed by atoms with E-state index >= 15 is 0 Å². The number of hydrogen-bond donors (Lipinski definition) is 2. The van der Waals surface area contributed by atoms with Gasteiger partial charge in [0.2, 0.25) is 0 Å². The van der Waals surface area contributed by atoms with Crippen LogP contribution < -0.4 is 20.3 Å². The first-order valence-corrected chi connectivity index (χ1v) is 11.7. The lowest BCUT2D eigenvalue weighted by atomic mass is 9.94. The Bertz CT molecular complexity index is 1220. The fourth-order valence-corrected chi connectivity index (χ4v) is 4.70. The van der Waals surface area contributed by atoms with Crippen LogP contribution in [0.3, 0.4) is 0 Å². The van der Waals surface area contributed by atoms with E-state index in [1.807, 2.05) is 6.07 Å². The summed E-state index contributed by atoms with van der Waals surface area (Å²) in [4.78, 5) is 19.1. The predicted octanol–water partition coefficient (Wildman–Crippen LogP) is 1.78. The number of hydrogen-bond acceptors (Lipinski definition) is 7. The SMILES string of the molecule is O=c1ccc2ccc(F)cc2n1CCN1CC[C@@H](O)C(CNCc2cc3c(cn2)OCCO3)C1. The van der Waals surface area contributed by atoms with Crippen LogP contribution in [0.5, 0.6) is 11.5 Å². The molecule has 2 aliphatic rings. The van der Waals surface area contributed by atoms with Crippen molar-refractivity contribution >= 4 is 10.9 Å². The first kappa shape index (κ1) is 22.8. The lowest BCUT2D eigenvalue weighted by Gasteiger charge is -2.36. The Hall–Kier alpha value is -3.01. The van der Waals surface area contributed by atoms with E-state index in [2.05, 4.69) is 15.2 Å². The van der Waals surface area contributed by atoms with Crippen LogP contribution in [0, 0.1) is 11.7 Å². The molecule has 1 saturated heterocycles. The summed E-state index contributed by atoms with van der Waals surface area (Å²) >= 11 is 0. The molecule has 2 atom stereocenters. The van der Waals surface area contributed by atoms with E-state index in [-0.39, 0.29) is 23.4 Å². The number of aliphatic hydroxyl groups excluding tert-OH is 1. The molecule has 0 radical (unpaired) electrons. The van der Waals surface area contributed by atoms with E-state index in [0.29, 0.717) is 62.8 Å². The zero-order valence-electron chi connectivity index (χ0n) is 19.0.